The maximum atomic E-state index is 13.7. The maximum absolute atomic E-state index is 13.7. The lowest BCUT2D eigenvalue weighted by molar-refractivity contribution is -0.136. The molecule has 1 fully saturated rings. The van der Waals surface area contributed by atoms with E-state index in [9.17, 15) is 9.59 Å². The lowest BCUT2D eigenvalue weighted by Crippen LogP contribution is -2.59. The Kier molecular flexibility index (Phi) is 7.28. The number of esters is 1. The Bertz CT molecular complexity index is 1220. The predicted octanol–water partition coefficient (Wildman–Crippen LogP) is 4.38. The quantitative estimate of drug-likeness (QED) is 0.365. The SMILES string of the molecule is CCOC(=O)c1ccc(N2C[C@@H](C)N(CC(=O)N3CC=CCC3c3ccc4cccoc3-4)[C@@H](C)C2)nc1. The summed E-state index contributed by atoms with van der Waals surface area (Å²) in [6.45, 7) is 8.89. The molecular formula is C29H34N4O4. The normalized spacial score (nSPS) is 22.4. The molecule has 3 aliphatic heterocycles. The van der Waals surface area contributed by atoms with E-state index >= 15 is 0 Å². The Balaban J connectivity index is 1.25. The Morgan fingerprint density at radius 3 is 2.62 bits per heavy atom. The van der Waals surface area contributed by atoms with E-state index < -0.39 is 0 Å². The number of ether oxygens (including phenoxy) is 1. The zero-order valence-electron chi connectivity index (χ0n) is 21.7. The van der Waals surface area contributed by atoms with Gasteiger partial charge in [0.05, 0.1) is 31.0 Å². The summed E-state index contributed by atoms with van der Waals surface area (Å²) in [6, 6.07) is 12.0. The zero-order chi connectivity index (χ0) is 25.9. The minimum absolute atomic E-state index is 0.0323. The molecule has 3 atom stereocenters. The number of nitrogens with zero attached hydrogens (tertiary/aromatic N) is 4. The molecular weight excluding hydrogens is 468 g/mol. The second kappa shape index (κ2) is 10.8. The van der Waals surface area contributed by atoms with Crippen molar-refractivity contribution < 1.29 is 18.7 Å². The molecule has 0 bridgehead atoms. The summed E-state index contributed by atoms with van der Waals surface area (Å²) in [5, 5.41) is 0. The molecule has 1 aromatic heterocycles. The maximum Gasteiger partial charge on any atom is 0.339 e. The third-order valence-corrected chi connectivity index (χ3v) is 7.39. The van der Waals surface area contributed by atoms with Crippen molar-refractivity contribution in [3.05, 3.63) is 72.1 Å². The first kappa shape index (κ1) is 25.0. The number of carbonyl (C=O) groups excluding carboxylic acids is 2. The van der Waals surface area contributed by atoms with Gasteiger partial charge in [-0.1, -0.05) is 24.3 Å². The number of rotatable bonds is 6. The van der Waals surface area contributed by atoms with Gasteiger partial charge < -0.3 is 19.0 Å². The van der Waals surface area contributed by atoms with Gasteiger partial charge in [0.1, 0.15) is 11.6 Å². The highest BCUT2D eigenvalue weighted by atomic mass is 16.5. The molecule has 1 aliphatic carbocycles. The van der Waals surface area contributed by atoms with Crippen LogP contribution in [-0.4, -0.2) is 71.5 Å². The highest BCUT2D eigenvalue weighted by Gasteiger charge is 2.35. The fourth-order valence-corrected chi connectivity index (χ4v) is 5.53. The van der Waals surface area contributed by atoms with Crippen LogP contribution in [0.5, 0.6) is 0 Å². The van der Waals surface area contributed by atoms with Gasteiger partial charge >= 0.3 is 5.97 Å². The van der Waals surface area contributed by atoms with Gasteiger partial charge in [0, 0.05) is 49.0 Å². The van der Waals surface area contributed by atoms with E-state index in [2.05, 4.69) is 52.9 Å². The van der Waals surface area contributed by atoms with Gasteiger partial charge in [-0.05, 0) is 51.5 Å². The summed E-state index contributed by atoms with van der Waals surface area (Å²) in [5.74, 6) is 1.45. The molecule has 1 saturated heterocycles. The monoisotopic (exact) mass is 502 g/mol. The van der Waals surface area contributed by atoms with Crippen LogP contribution in [0.4, 0.5) is 5.82 Å². The van der Waals surface area contributed by atoms with Gasteiger partial charge in [-0.3, -0.25) is 9.69 Å². The number of aromatic nitrogens is 1. The molecule has 1 amide bonds. The molecule has 194 valence electrons. The highest BCUT2D eigenvalue weighted by molar-refractivity contribution is 5.89. The minimum atomic E-state index is -0.360. The molecule has 0 N–H and O–H groups in total. The average molecular weight is 503 g/mol. The number of hydrogen-bond donors (Lipinski definition) is 0. The number of hydrogen-bond acceptors (Lipinski definition) is 7. The van der Waals surface area contributed by atoms with Crippen molar-refractivity contribution >= 4 is 17.7 Å². The van der Waals surface area contributed by atoms with Gasteiger partial charge in [-0.25, -0.2) is 9.78 Å². The van der Waals surface area contributed by atoms with Gasteiger partial charge in [0.15, 0.2) is 0 Å². The fourth-order valence-electron chi connectivity index (χ4n) is 5.53. The van der Waals surface area contributed by atoms with E-state index in [1.807, 2.05) is 23.1 Å². The number of amides is 1. The van der Waals surface area contributed by atoms with Crippen LogP contribution < -0.4 is 4.90 Å². The van der Waals surface area contributed by atoms with Crippen molar-refractivity contribution in [1.29, 1.82) is 0 Å². The second-order valence-electron chi connectivity index (χ2n) is 9.86. The first-order chi connectivity index (χ1) is 18.0. The predicted molar refractivity (Wildman–Crippen MR) is 142 cm³/mol. The van der Waals surface area contributed by atoms with Crippen molar-refractivity contribution in [2.24, 2.45) is 0 Å². The van der Waals surface area contributed by atoms with E-state index in [4.69, 9.17) is 9.15 Å². The first-order valence-corrected chi connectivity index (χ1v) is 13.0. The van der Waals surface area contributed by atoms with Crippen LogP contribution >= 0.6 is 0 Å². The highest BCUT2D eigenvalue weighted by Crippen LogP contribution is 2.38. The van der Waals surface area contributed by atoms with Crippen LogP contribution in [0.1, 0.15) is 49.2 Å². The summed E-state index contributed by atoms with van der Waals surface area (Å²) in [5.41, 5.74) is 2.57. The summed E-state index contributed by atoms with van der Waals surface area (Å²) in [6.07, 6.45) is 8.27. The van der Waals surface area contributed by atoms with Crippen molar-refractivity contribution in [2.45, 2.75) is 45.3 Å². The Morgan fingerprint density at radius 1 is 1.08 bits per heavy atom. The number of carbonyl (C=O) groups is 2. The van der Waals surface area contributed by atoms with Crippen molar-refractivity contribution in [3.8, 4) is 11.3 Å². The van der Waals surface area contributed by atoms with E-state index in [1.165, 1.54) is 0 Å². The largest absolute Gasteiger partial charge is 0.464 e. The van der Waals surface area contributed by atoms with Gasteiger partial charge in [0.2, 0.25) is 5.91 Å². The third-order valence-electron chi connectivity index (χ3n) is 7.39. The Hall–Kier alpha value is -3.65. The summed E-state index contributed by atoms with van der Waals surface area (Å²) in [4.78, 5) is 36.6. The molecule has 5 rings (SSSR count). The average Bonchev–Trinajstić information content (AvgIpc) is 3.35. The lowest BCUT2D eigenvalue weighted by atomic mass is 9.99. The Labute approximate surface area is 217 Å². The second-order valence-corrected chi connectivity index (χ2v) is 9.86. The standard InChI is InChI=1S/C29H34N4O4/c1-4-36-29(35)23-11-13-26(30-16-23)31-17-20(2)33(21(3)18-31)19-27(34)32-14-6-5-9-25(32)24-12-10-22-8-7-15-37-28(22)24/h5-8,10-13,15-16,20-21,25H,4,9,14,17-19H2,1-3H3/t20-,21+,25?. The molecule has 1 aromatic rings. The molecule has 4 heterocycles. The molecule has 8 nitrogen and oxygen atoms in total. The van der Waals surface area contributed by atoms with Crippen LogP contribution in [0.2, 0.25) is 0 Å². The first-order valence-electron chi connectivity index (χ1n) is 13.0. The van der Waals surface area contributed by atoms with E-state index in [1.54, 1.807) is 25.5 Å². The van der Waals surface area contributed by atoms with Crippen molar-refractivity contribution in [3.63, 3.8) is 0 Å². The van der Waals surface area contributed by atoms with E-state index in [0.717, 1.165) is 42.2 Å². The number of anilines is 1. The molecule has 0 spiro atoms. The number of piperazine rings is 1. The Morgan fingerprint density at radius 2 is 1.89 bits per heavy atom. The van der Waals surface area contributed by atoms with Crippen LogP contribution in [0, 0.1) is 0 Å². The lowest BCUT2D eigenvalue weighted by Gasteiger charge is -2.45. The number of fused-ring (bicyclic) bond motifs is 1. The summed E-state index contributed by atoms with van der Waals surface area (Å²) < 4.78 is 10.9. The molecule has 0 saturated carbocycles. The van der Waals surface area contributed by atoms with Crippen LogP contribution in [0.25, 0.3) is 11.3 Å². The van der Waals surface area contributed by atoms with Crippen LogP contribution in [0.15, 0.2) is 65.4 Å². The van der Waals surface area contributed by atoms with Crippen LogP contribution in [-0.2, 0) is 9.53 Å². The van der Waals surface area contributed by atoms with Gasteiger partial charge in [-0.15, -0.1) is 0 Å². The molecule has 0 radical (unpaired) electrons. The number of pyridine rings is 1. The van der Waals surface area contributed by atoms with Gasteiger partial charge in [-0.2, -0.15) is 0 Å². The third kappa shape index (κ3) is 5.11. The summed E-state index contributed by atoms with van der Waals surface area (Å²) >= 11 is 0. The van der Waals surface area contributed by atoms with Crippen molar-refractivity contribution in [1.82, 2.24) is 14.8 Å². The zero-order valence-corrected chi connectivity index (χ0v) is 21.7. The fraction of sp³-hybridized carbons (Fsp3) is 0.414. The van der Waals surface area contributed by atoms with Crippen LogP contribution in [0.3, 0.4) is 0 Å². The molecule has 0 aromatic carbocycles. The van der Waals surface area contributed by atoms with Crippen molar-refractivity contribution in [2.75, 3.05) is 37.7 Å². The topological polar surface area (TPSA) is 79.1 Å². The van der Waals surface area contributed by atoms with E-state index in [-0.39, 0.29) is 30.0 Å². The molecule has 4 aliphatic rings. The molecule has 37 heavy (non-hydrogen) atoms. The molecule has 8 heteroatoms. The molecule has 1 unspecified atom stereocenters. The van der Waals surface area contributed by atoms with Gasteiger partial charge in [0.25, 0.3) is 0 Å². The smallest absolute Gasteiger partial charge is 0.339 e. The summed E-state index contributed by atoms with van der Waals surface area (Å²) in [7, 11) is 0. The van der Waals surface area contributed by atoms with E-state index in [0.29, 0.717) is 25.3 Å². The minimum Gasteiger partial charge on any atom is -0.464 e.